The maximum absolute atomic E-state index is 12.6. The molecule has 6 heteroatoms. The van der Waals surface area contributed by atoms with Gasteiger partial charge in [-0.05, 0) is 24.6 Å². The Labute approximate surface area is 137 Å². The third-order valence-electron chi connectivity index (χ3n) is 3.33. The molecule has 0 unspecified atom stereocenters. The van der Waals surface area contributed by atoms with Crippen molar-refractivity contribution in [2.45, 2.75) is 13.3 Å². The monoisotopic (exact) mass is 333 g/mol. The van der Waals surface area contributed by atoms with Crippen LogP contribution in [0.4, 0.5) is 5.69 Å². The molecule has 112 valence electrons. The molecule has 0 atom stereocenters. The fraction of sp³-hybridized carbons (Fsp3) is 0.125. The number of para-hydroxylation sites is 1. The van der Waals surface area contributed by atoms with Gasteiger partial charge in [0.25, 0.3) is 5.91 Å². The normalized spacial score (nSPS) is 10.9. The van der Waals surface area contributed by atoms with E-state index in [4.69, 9.17) is 23.2 Å². The molecule has 0 aliphatic carbocycles. The van der Waals surface area contributed by atoms with Crippen LogP contribution in [0.25, 0.3) is 5.65 Å². The second-order valence-electron chi connectivity index (χ2n) is 4.77. The average Bonchev–Trinajstić information content (AvgIpc) is 2.87. The molecule has 0 radical (unpaired) electrons. The smallest absolute Gasteiger partial charge is 0.274 e. The number of hydrogen-bond acceptors (Lipinski definition) is 2. The summed E-state index contributed by atoms with van der Waals surface area (Å²) in [6.45, 7) is 1.95. The van der Waals surface area contributed by atoms with Crippen LogP contribution in [0.2, 0.25) is 10.0 Å². The van der Waals surface area contributed by atoms with E-state index < -0.39 is 0 Å². The quantitative estimate of drug-likeness (QED) is 0.769. The third kappa shape index (κ3) is 2.67. The molecule has 0 bridgehead atoms. The van der Waals surface area contributed by atoms with Gasteiger partial charge in [-0.2, -0.15) is 0 Å². The Kier molecular flexibility index (Phi) is 4.05. The van der Waals surface area contributed by atoms with E-state index in [1.165, 1.54) is 0 Å². The lowest BCUT2D eigenvalue weighted by Gasteiger charge is -2.08. The van der Waals surface area contributed by atoms with Crippen LogP contribution in [-0.2, 0) is 6.42 Å². The number of halogens is 2. The number of rotatable bonds is 3. The molecule has 0 saturated heterocycles. The van der Waals surface area contributed by atoms with Gasteiger partial charge in [0.2, 0.25) is 0 Å². The fourth-order valence-electron chi connectivity index (χ4n) is 2.30. The number of nitrogens with one attached hydrogen (secondary N) is 1. The van der Waals surface area contributed by atoms with Gasteiger partial charge in [0.15, 0.2) is 0 Å². The van der Waals surface area contributed by atoms with Crippen molar-refractivity contribution < 1.29 is 4.79 Å². The molecule has 1 aromatic carbocycles. The Bertz CT molecular complexity index is 858. The molecule has 0 aliphatic heterocycles. The Hall–Kier alpha value is -2.04. The molecule has 1 N–H and O–H groups in total. The van der Waals surface area contributed by atoms with Crippen LogP contribution in [-0.4, -0.2) is 15.3 Å². The van der Waals surface area contributed by atoms with Crippen molar-refractivity contribution in [1.82, 2.24) is 9.38 Å². The Morgan fingerprint density at radius 3 is 2.77 bits per heavy atom. The summed E-state index contributed by atoms with van der Waals surface area (Å²) in [5.74, 6) is -0.250. The van der Waals surface area contributed by atoms with Gasteiger partial charge in [-0.25, -0.2) is 4.98 Å². The molecule has 0 fully saturated rings. The van der Waals surface area contributed by atoms with E-state index in [9.17, 15) is 4.79 Å². The standard InChI is InChI=1S/C16H13Cl2N3O/c1-2-12-15(21-8-7-10(17)9-14(21)19-12)16(22)20-13-6-4-3-5-11(13)18/h3-9H,2H2,1H3,(H,20,22). The van der Waals surface area contributed by atoms with Gasteiger partial charge in [0, 0.05) is 17.3 Å². The molecule has 22 heavy (non-hydrogen) atoms. The Balaban J connectivity index is 2.05. The zero-order valence-electron chi connectivity index (χ0n) is 11.8. The summed E-state index contributed by atoms with van der Waals surface area (Å²) in [7, 11) is 0. The van der Waals surface area contributed by atoms with Gasteiger partial charge >= 0.3 is 0 Å². The number of aryl methyl sites for hydroxylation is 1. The largest absolute Gasteiger partial charge is 0.319 e. The van der Waals surface area contributed by atoms with Gasteiger partial charge in [-0.3, -0.25) is 9.20 Å². The van der Waals surface area contributed by atoms with Crippen molar-refractivity contribution >= 4 is 40.4 Å². The molecule has 3 rings (SSSR count). The van der Waals surface area contributed by atoms with Gasteiger partial charge in [-0.15, -0.1) is 0 Å². The summed E-state index contributed by atoms with van der Waals surface area (Å²) < 4.78 is 1.73. The predicted molar refractivity (Wildman–Crippen MR) is 89.0 cm³/mol. The number of hydrogen-bond donors (Lipinski definition) is 1. The highest BCUT2D eigenvalue weighted by atomic mass is 35.5. The van der Waals surface area contributed by atoms with Crippen LogP contribution in [0.3, 0.4) is 0 Å². The van der Waals surface area contributed by atoms with Gasteiger partial charge < -0.3 is 5.32 Å². The number of pyridine rings is 1. The molecular formula is C16H13Cl2N3O. The van der Waals surface area contributed by atoms with Crippen molar-refractivity contribution in [1.29, 1.82) is 0 Å². The minimum absolute atomic E-state index is 0.250. The van der Waals surface area contributed by atoms with Crippen molar-refractivity contribution in [2.75, 3.05) is 5.32 Å². The number of fused-ring (bicyclic) bond motifs is 1. The van der Waals surface area contributed by atoms with Crippen LogP contribution in [0.1, 0.15) is 23.1 Å². The summed E-state index contributed by atoms with van der Waals surface area (Å²) in [4.78, 5) is 17.1. The Morgan fingerprint density at radius 1 is 1.27 bits per heavy atom. The highest BCUT2D eigenvalue weighted by Gasteiger charge is 2.19. The van der Waals surface area contributed by atoms with E-state index in [2.05, 4.69) is 10.3 Å². The van der Waals surface area contributed by atoms with E-state index in [1.54, 1.807) is 34.9 Å². The van der Waals surface area contributed by atoms with E-state index in [0.29, 0.717) is 39.2 Å². The first-order valence-corrected chi connectivity index (χ1v) is 7.58. The summed E-state index contributed by atoms with van der Waals surface area (Å²) in [5.41, 5.74) is 2.43. The first-order valence-electron chi connectivity index (χ1n) is 6.82. The molecule has 3 aromatic rings. The lowest BCUT2D eigenvalue weighted by Crippen LogP contribution is -2.16. The summed E-state index contributed by atoms with van der Waals surface area (Å²) in [6, 6.07) is 10.6. The maximum Gasteiger partial charge on any atom is 0.274 e. The number of aromatic nitrogens is 2. The average molecular weight is 334 g/mol. The first-order chi connectivity index (χ1) is 10.6. The van der Waals surface area contributed by atoms with Crippen LogP contribution >= 0.6 is 23.2 Å². The molecule has 4 nitrogen and oxygen atoms in total. The van der Waals surface area contributed by atoms with Crippen molar-refractivity contribution in [2.24, 2.45) is 0 Å². The highest BCUT2D eigenvalue weighted by Crippen LogP contribution is 2.23. The third-order valence-corrected chi connectivity index (χ3v) is 3.90. The highest BCUT2D eigenvalue weighted by molar-refractivity contribution is 6.34. The fourth-order valence-corrected chi connectivity index (χ4v) is 2.64. The number of benzene rings is 1. The first kappa shape index (κ1) is 14.9. The zero-order chi connectivity index (χ0) is 15.7. The van der Waals surface area contributed by atoms with Gasteiger partial charge in [-0.1, -0.05) is 42.3 Å². The van der Waals surface area contributed by atoms with E-state index in [-0.39, 0.29) is 5.91 Å². The van der Waals surface area contributed by atoms with Crippen LogP contribution in [0.5, 0.6) is 0 Å². The molecule has 2 aromatic heterocycles. The molecule has 1 amide bonds. The molecule has 0 spiro atoms. The number of amides is 1. The summed E-state index contributed by atoms with van der Waals surface area (Å²) in [6.07, 6.45) is 2.38. The maximum atomic E-state index is 12.6. The van der Waals surface area contributed by atoms with Crippen LogP contribution in [0, 0.1) is 0 Å². The van der Waals surface area contributed by atoms with Crippen LogP contribution in [0.15, 0.2) is 42.6 Å². The predicted octanol–water partition coefficient (Wildman–Crippen LogP) is 4.46. The van der Waals surface area contributed by atoms with E-state index in [0.717, 1.165) is 0 Å². The molecular weight excluding hydrogens is 321 g/mol. The number of carbonyl (C=O) groups is 1. The lowest BCUT2D eigenvalue weighted by atomic mass is 10.2. The number of imidazole rings is 1. The van der Waals surface area contributed by atoms with Crippen molar-refractivity contribution in [3.63, 3.8) is 0 Å². The minimum atomic E-state index is -0.250. The second kappa shape index (κ2) is 5.99. The van der Waals surface area contributed by atoms with E-state index in [1.807, 2.05) is 19.1 Å². The summed E-state index contributed by atoms with van der Waals surface area (Å²) >= 11 is 12.1. The number of anilines is 1. The molecule has 0 aliphatic rings. The second-order valence-corrected chi connectivity index (χ2v) is 5.61. The molecule has 2 heterocycles. The number of nitrogens with zero attached hydrogens (tertiary/aromatic N) is 2. The van der Waals surface area contributed by atoms with Gasteiger partial charge in [0.05, 0.1) is 16.4 Å². The SMILES string of the molecule is CCc1nc2cc(Cl)ccn2c1C(=O)Nc1ccccc1Cl. The number of carbonyl (C=O) groups excluding carboxylic acids is 1. The van der Waals surface area contributed by atoms with Crippen molar-refractivity contribution in [3.8, 4) is 0 Å². The summed E-state index contributed by atoms with van der Waals surface area (Å²) in [5, 5.41) is 3.90. The Morgan fingerprint density at radius 2 is 2.05 bits per heavy atom. The molecule has 0 saturated carbocycles. The van der Waals surface area contributed by atoms with Crippen LogP contribution < -0.4 is 5.32 Å². The zero-order valence-corrected chi connectivity index (χ0v) is 13.3. The van der Waals surface area contributed by atoms with E-state index >= 15 is 0 Å². The minimum Gasteiger partial charge on any atom is -0.319 e. The lowest BCUT2D eigenvalue weighted by molar-refractivity contribution is 0.102. The van der Waals surface area contributed by atoms with Crippen molar-refractivity contribution in [3.05, 3.63) is 64.0 Å². The van der Waals surface area contributed by atoms with Gasteiger partial charge in [0.1, 0.15) is 11.3 Å². The topological polar surface area (TPSA) is 46.4 Å².